The quantitative estimate of drug-likeness (QED) is 0.794. The van der Waals surface area contributed by atoms with Gasteiger partial charge in [0.05, 0.1) is 10.6 Å². The Balaban J connectivity index is 2.19. The molecule has 0 aliphatic heterocycles. The molecule has 0 bridgehead atoms. The predicted octanol–water partition coefficient (Wildman–Crippen LogP) is 5.33. The summed E-state index contributed by atoms with van der Waals surface area (Å²) in [5.74, 6) is 0.0110. The maximum Gasteiger partial charge on any atom is 0.417 e. The first-order valence-corrected chi connectivity index (χ1v) is 6.61. The van der Waals surface area contributed by atoms with Gasteiger partial charge >= 0.3 is 6.18 Å². The Morgan fingerprint density at radius 3 is 2.43 bits per heavy atom. The average Bonchev–Trinajstić information content (AvgIpc) is 2.40. The summed E-state index contributed by atoms with van der Waals surface area (Å²) in [7, 11) is 0. The lowest BCUT2D eigenvalue weighted by molar-refractivity contribution is -0.137. The number of hydrogen-bond donors (Lipinski definition) is 2. The number of hydrogen-bond acceptors (Lipinski definition) is 2. The zero-order valence-electron chi connectivity index (χ0n) is 10.5. The molecule has 0 aromatic heterocycles. The number of anilines is 1. The fourth-order valence-electron chi connectivity index (χ4n) is 1.75. The van der Waals surface area contributed by atoms with Crippen molar-refractivity contribution in [2.75, 3.05) is 5.32 Å². The van der Waals surface area contributed by atoms with Crippen LogP contribution in [0.1, 0.15) is 11.1 Å². The van der Waals surface area contributed by atoms with Gasteiger partial charge in [-0.3, -0.25) is 0 Å². The molecule has 2 N–H and O–H groups in total. The summed E-state index contributed by atoms with van der Waals surface area (Å²) in [6.07, 6.45) is -4.52. The third kappa shape index (κ3) is 3.95. The molecule has 2 aromatic rings. The number of phenols is 1. The average molecular weight is 336 g/mol. The zero-order valence-corrected chi connectivity index (χ0v) is 12.0. The highest BCUT2D eigenvalue weighted by Gasteiger charge is 2.33. The van der Waals surface area contributed by atoms with E-state index in [1.807, 2.05) is 0 Å². The van der Waals surface area contributed by atoms with Crippen molar-refractivity contribution in [3.05, 3.63) is 57.6 Å². The van der Waals surface area contributed by atoms with Crippen molar-refractivity contribution in [2.45, 2.75) is 12.7 Å². The molecule has 0 atom stereocenters. The molecular formula is C14H10Cl2F3NO. The van der Waals surface area contributed by atoms with Crippen molar-refractivity contribution < 1.29 is 18.3 Å². The van der Waals surface area contributed by atoms with Gasteiger partial charge in [0.25, 0.3) is 0 Å². The minimum absolute atomic E-state index is 0.0110. The number of benzene rings is 2. The van der Waals surface area contributed by atoms with Crippen molar-refractivity contribution in [2.24, 2.45) is 0 Å². The van der Waals surface area contributed by atoms with E-state index in [0.29, 0.717) is 10.6 Å². The summed E-state index contributed by atoms with van der Waals surface area (Å²) in [4.78, 5) is 0. The smallest absolute Gasteiger partial charge is 0.417 e. The first-order chi connectivity index (χ1) is 9.77. The van der Waals surface area contributed by atoms with E-state index in [0.717, 1.165) is 6.07 Å². The summed E-state index contributed by atoms with van der Waals surface area (Å²) < 4.78 is 38.2. The van der Waals surface area contributed by atoms with E-state index in [1.165, 1.54) is 30.3 Å². The van der Waals surface area contributed by atoms with Gasteiger partial charge in [-0.2, -0.15) is 13.2 Å². The second-order valence-corrected chi connectivity index (χ2v) is 5.16. The molecule has 2 aromatic carbocycles. The molecule has 0 unspecified atom stereocenters. The second kappa shape index (κ2) is 6.03. The standard InChI is InChI=1S/C14H10Cl2F3NO/c15-9-1-4-13(21)8(5-9)7-20-10-2-3-12(16)11(6-10)14(17,18)19/h1-6,20-21H,7H2. The van der Waals surface area contributed by atoms with Crippen molar-refractivity contribution in [3.63, 3.8) is 0 Å². The number of halogens is 5. The minimum Gasteiger partial charge on any atom is -0.508 e. The van der Waals surface area contributed by atoms with E-state index >= 15 is 0 Å². The molecule has 21 heavy (non-hydrogen) atoms. The number of alkyl halides is 3. The molecule has 2 nitrogen and oxygen atoms in total. The van der Waals surface area contributed by atoms with Gasteiger partial charge in [-0.1, -0.05) is 23.2 Å². The number of phenolic OH excluding ortho intramolecular Hbond substituents is 1. The fourth-order valence-corrected chi connectivity index (χ4v) is 2.16. The lowest BCUT2D eigenvalue weighted by Crippen LogP contribution is -2.07. The topological polar surface area (TPSA) is 32.3 Å². The Bertz CT molecular complexity index is 659. The van der Waals surface area contributed by atoms with Gasteiger partial charge in [-0.25, -0.2) is 0 Å². The summed E-state index contributed by atoms with van der Waals surface area (Å²) in [6, 6.07) is 7.99. The molecule has 0 fully saturated rings. The van der Waals surface area contributed by atoms with Crippen LogP contribution < -0.4 is 5.32 Å². The molecule has 7 heteroatoms. The van der Waals surface area contributed by atoms with Crippen molar-refractivity contribution in [3.8, 4) is 5.75 Å². The first kappa shape index (κ1) is 15.8. The fraction of sp³-hybridized carbons (Fsp3) is 0.143. The van der Waals surface area contributed by atoms with Crippen LogP contribution in [0.2, 0.25) is 10.0 Å². The van der Waals surface area contributed by atoms with Crippen LogP contribution in [0.5, 0.6) is 5.75 Å². The number of aromatic hydroxyl groups is 1. The maximum atomic E-state index is 12.7. The number of nitrogens with one attached hydrogen (secondary N) is 1. The van der Waals surface area contributed by atoms with E-state index in [2.05, 4.69) is 5.32 Å². The predicted molar refractivity (Wildman–Crippen MR) is 76.9 cm³/mol. The summed E-state index contributed by atoms with van der Waals surface area (Å²) in [5, 5.41) is 12.5. The van der Waals surface area contributed by atoms with E-state index < -0.39 is 11.7 Å². The Morgan fingerprint density at radius 2 is 1.76 bits per heavy atom. The van der Waals surface area contributed by atoms with Crippen LogP contribution in [-0.4, -0.2) is 5.11 Å². The molecule has 0 amide bonds. The van der Waals surface area contributed by atoms with E-state index in [9.17, 15) is 18.3 Å². The lowest BCUT2D eigenvalue weighted by Gasteiger charge is -2.13. The van der Waals surface area contributed by atoms with E-state index in [4.69, 9.17) is 23.2 Å². The minimum atomic E-state index is -4.52. The van der Waals surface area contributed by atoms with Crippen LogP contribution in [0.15, 0.2) is 36.4 Å². The SMILES string of the molecule is Oc1ccc(Cl)cc1CNc1ccc(Cl)c(C(F)(F)F)c1. The second-order valence-electron chi connectivity index (χ2n) is 4.32. The van der Waals surface area contributed by atoms with E-state index in [1.54, 1.807) is 0 Å². The largest absolute Gasteiger partial charge is 0.508 e. The molecule has 0 heterocycles. The molecule has 0 spiro atoms. The molecule has 0 aliphatic carbocycles. The zero-order chi connectivity index (χ0) is 15.6. The van der Waals surface area contributed by atoms with Gasteiger partial charge in [0.2, 0.25) is 0 Å². The van der Waals surface area contributed by atoms with Gasteiger partial charge in [0, 0.05) is 22.8 Å². The van der Waals surface area contributed by atoms with Crippen LogP contribution in [0, 0.1) is 0 Å². The van der Waals surface area contributed by atoms with Gasteiger partial charge in [-0.15, -0.1) is 0 Å². The monoisotopic (exact) mass is 335 g/mol. The van der Waals surface area contributed by atoms with Crippen LogP contribution in [0.4, 0.5) is 18.9 Å². The van der Waals surface area contributed by atoms with Gasteiger partial charge in [-0.05, 0) is 36.4 Å². The van der Waals surface area contributed by atoms with Crippen molar-refractivity contribution in [1.82, 2.24) is 0 Å². The Kier molecular flexibility index (Phi) is 4.54. The van der Waals surface area contributed by atoms with Crippen molar-refractivity contribution >= 4 is 28.9 Å². The van der Waals surface area contributed by atoms with Gasteiger partial charge in [0.1, 0.15) is 5.75 Å². The highest BCUT2D eigenvalue weighted by atomic mass is 35.5. The lowest BCUT2D eigenvalue weighted by atomic mass is 10.1. The molecule has 0 radical (unpaired) electrons. The highest BCUT2D eigenvalue weighted by molar-refractivity contribution is 6.31. The summed E-state index contributed by atoms with van der Waals surface area (Å²) in [6.45, 7) is 0.130. The Labute approximate surface area is 129 Å². The molecule has 2 rings (SSSR count). The third-order valence-corrected chi connectivity index (χ3v) is 3.36. The van der Waals surface area contributed by atoms with Gasteiger partial charge in [0.15, 0.2) is 0 Å². The summed E-state index contributed by atoms with van der Waals surface area (Å²) >= 11 is 11.3. The molecule has 0 saturated heterocycles. The Hall–Kier alpha value is -1.59. The van der Waals surface area contributed by atoms with Crippen LogP contribution in [-0.2, 0) is 12.7 Å². The van der Waals surface area contributed by atoms with Crippen LogP contribution >= 0.6 is 23.2 Å². The summed E-state index contributed by atoms with van der Waals surface area (Å²) in [5.41, 5.74) is -0.193. The van der Waals surface area contributed by atoms with Crippen LogP contribution in [0.25, 0.3) is 0 Å². The Morgan fingerprint density at radius 1 is 1.05 bits per heavy atom. The molecule has 0 aliphatic rings. The van der Waals surface area contributed by atoms with E-state index in [-0.39, 0.29) is 23.0 Å². The normalized spacial score (nSPS) is 11.5. The van der Waals surface area contributed by atoms with Gasteiger partial charge < -0.3 is 10.4 Å². The van der Waals surface area contributed by atoms with Crippen molar-refractivity contribution in [1.29, 1.82) is 0 Å². The van der Waals surface area contributed by atoms with Crippen LogP contribution in [0.3, 0.4) is 0 Å². The first-order valence-electron chi connectivity index (χ1n) is 5.85. The third-order valence-electron chi connectivity index (χ3n) is 2.80. The molecule has 112 valence electrons. The molecular weight excluding hydrogens is 326 g/mol. The highest BCUT2D eigenvalue weighted by Crippen LogP contribution is 2.36. The maximum absolute atomic E-state index is 12.7. The molecule has 0 saturated carbocycles. The number of rotatable bonds is 3.